The van der Waals surface area contributed by atoms with Crippen LogP contribution >= 0.6 is 12.4 Å². The third-order valence-electron chi connectivity index (χ3n) is 1.99. The fourth-order valence-corrected chi connectivity index (χ4v) is 1.24. The summed E-state index contributed by atoms with van der Waals surface area (Å²) in [6.45, 7) is 1.97. The van der Waals surface area contributed by atoms with E-state index in [-0.39, 0.29) is 18.4 Å². The average Bonchev–Trinajstić information content (AvgIpc) is 2.49. The highest BCUT2D eigenvalue weighted by Gasteiger charge is 2.00. The number of fused-ring (bicyclic) bond motifs is 1. The largest absolute Gasteiger partial charge is 0.324 e. The molecule has 0 saturated carbocycles. The number of aromatic amines is 1. The van der Waals surface area contributed by atoms with Gasteiger partial charge in [0.05, 0.1) is 11.7 Å². The summed E-state index contributed by atoms with van der Waals surface area (Å²) >= 11 is 0. The molecule has 1 unspecified atom stereocenters. The minimum absolute atomic E-state index is 0. The first-order valence-electron chi connectivity index (χ1n) is 3.96. The van der Waals surface area contributed by atoms with Gasteiger partial charge in [0.15, 0.2) is 0 Å². The Morgan fingerprint density at radius 3 is 2.92 bits per heavy atom. The van der Waals surface area contributed by atoms with Crippen molar-refractivity contribution in [3.8, 4) is 0 Å². The second-order valence-corrected chi connectivity index (χ2v) is 3.01. The maximum Gasteiger partial charge on any atom is 0.0650 e. The molecule has 0 aliphatic carbocycles. The smallest absolute Gasteiger partial charge is 0.0650 e. The SMILES string of the molecule is CC(N)c1ccc2[nH]ncc2c1.Cl. The molecule has 3 nitrogen and oxygen atoms in total. The number of H-pyrrole nitrogens is 1. The van der Waals surface area contributed by atoms with Crippen molar-refractivity contribution in [3.05, 3.63) is 30.0 Å². The molecule has 2 rings (SSSR count). The molecule has 0 fully saturated rings. The minimum Gasteiger partial charge on any atom is -0.324 e. The highest BCUT2D eigenvalue weighted by molar-refractivity contribution is 5.85. The molecule has 1 heterocycles. The number of rotatable bonds is 1. The summed E-state index contributed by atoms with van der Waals surface area (Å²) in [7, 11) is 0. The van der Waals surface area contributed by atoms with Crippen LogP contribution in [0, 0.1) is 0 Å². The van der Waals surface area contributed by atoms with Crippen molar-refractivity contribution < 1.29 is 0 Å². The summed E-state index contributed by atoms with van der Waals surface area (Å²) in [5, 5.41) is 7.95. The highest BCUT2D eigenvalue weighted by Crippen LogP contribution is 2.16. The normalized spacial score (nSPS) is 12.5. The Balaban J connectivity index is 0.000000845. The summed E-state index contributed by atoms with van der Waals surface area (Å²) in [6, 6.07) is 6.17. The molecule has 13 heavy (non-hydrogen) atoms. The zero-order valence-electron chi connectivity index (χ0n) is 7.32. The van der Waals surface area contributed by atoms with E-state index < -0.39 is 0 Å². The van der Waals surface area contributed by atoms with E-state index in [0.717, 1.165) is 16.5 Å². The monoisotopic (exact) mass is 197 g/mol. The van der Waals surface area contributed by atoms with Crippen LogP contribution in [-0.4, -0.2) is 10.2 Å². The summed E-state index contributed by atoms with van der Waals surface area (Å²) in [5.41, 5.74) is 7.94. The van der Waals surface area contributed by atoms with Gasteiger partial charge < -0.3 is 5.73 Å². The highest BCUT2D eigenvalue weighted by atomic mass is 35.5. The molecule has 0 radical (unpaired) electrons. The van der Waals surface area contributed by atoms with E-state index in [4.69, 9.17) is 5.73 Å². The Morgan fingerprint density at radius 1 is 1.46 bits per heavy atom. The number of nitrogens with zero attached hydrogens (tertiary/aromatic N) is 1. The van der Waals surface area contributed by atoms with Gasteiger partial charge in [-0.1, -0.05) is 6.07 Å². The number of hydrogen-bond donors (Lipinski definition) is 2. The molecule has 1 atom stereocenters. The molecule has 0 spiro atoms. The van der Waals surface area contributed by atoms with Gasteiger partial charge in [-0.05, 0) is 24.6 Å². The van der Waals surface area contributed by atoms with Gasteiger partial charge in [0.1, 0.15) is 0 Å². The van der Waals surface area contributed by atoms with Crippen LogP contribution in [0.2, 0.25) is 0 Å². The van der Waals surface area contributed by atoms with Crippen molar-refractivity contribution >= 4 is 23.3 Å². The van der Waals surface area contributed by atoms with Gasteiger partial charge in [-0.2, -0.15) is 5.10 Å². The summed E-state index contributed by atoms with van der Waals surface area (Å²) in [4.78, 5) is 0. The van der Waals surface area contributed by atoms with Crippen molar-refractivity contribution in [1.82, 2.24) is 10.2 Å². The molecule has 70 valence electrons. The van der Waals surface area contributed by atoms with Gasteiger partial charge in [-0.25, -0.2) is 0 Å². The maximum atomic E-state index is 5.74. The first-order chi connectivity index (χ1) is 5.77. The van der Waals surface area contributed by atoms with Crippen molar-refractivity contribution in [1.29, 1.82) is 0 Å². The number of benzene rings is 1. The molecule has 0 amide bonds. The fourth-order valence-electron chi connectivity index (χ4n) is 1.24. The van der Waals surface area contributed by atoms with Crippen molar-refractivity contribution in [2.45, 2.75) is 13.0 Å². The Kier molecular flexibility index (Phi) is 2.90. The minimum atomic E-state index is 0. The molecule has 3 N–H and O–H groups in total. The van der Waals surface area contributed by atoms with Gasteiger partial charge >= 0.3 is 0 Å². The Morgan fingerprint density at radius 2 is 2.23 bits per heavy atom. The molecule has 0 aliphatic heterocycles. The first kappa shape index (κ1) is 10.0. The number of nitrogens with two attached hydrogens (primary N) is 1. The molecule has 0 saturated heterocycles. The lowest BCUT2D eigenvalue weighted by Crippen LogP contribution is -2.04. The van der Waals surface area contributed by atoms with E-state index in [1.807, 2.05) is 19.1 Å². The average molecular weight is 198 g/mol. The van der Waals surface area contributed by atoms with Gasteiger partial charge in [-0.3, -0.25) is 5.10 Å². The Bertz CT molecular complexity index is 394. The number of hydrogen-bond acceptors (Lipinski definition) is 2. The number of nitrogens with one attached hydrogen (secondary N) is 1. The molecule has 4 heteroatoms. The zero-order valence-corrected chi connectivity index (χ0v) is 8.14. The van der Waals surface area contributed by atoms with E-state index in [9.17, 15) is 0 Å². The Hall–Kier alpha value is -1.06. The summed E-state index contributed by atoms with van der Waals surface area (Å²) in [5.74, 6) is 0. The lowest BCUT2D eigenvalue weighted by molar-refractivity contribution is 0.820. The molecule has 1 aromatic heterocycles. The van der Waals surface area contributed by atoms with E-state index in [0.29, 0.717) is 0 Å². The van der Waals surface area contributed by atoms with Crippen LogP contribution in [0.3, 0.4) is 0 Å². The maximum absolute atomic E-state index is 5.74. The van der Waals surface area contributed by atoms with Crippen LogP contribution in [0.15, 0.2) is 24.4 Å². The number of aromatic nitrogens is 2. The van der Waals surface area contributed by atoms with Crippen molar-refractivity contribution in [2.24, 2.45) is 5.73 Å². The standard InChI is InChI=1S/C9H11N3.ClH/c1-6(10)7-2-3-9-8(4-7)5-11-12-9;/h2-6H,10H2,1H3,(H,11,12);1H. The van der Waals surface area contributed by atoms with E-state index in [1.54, 1.807) is 6.20 Å². The molecule has 1 aromatic carbocycles. The van der Waals surface area contributed by atoms with Gasteiger partial charge in [0, 0.05) is 11.4 Å². The van der Waals surface area contributed by atoms with Crippen LogP contribution in [-0.2, 0) is 0 Å². The van der Waals surface area contributed by atoms with Crippen molar-refractivity contribution in [2.75, 3.05) is 0 Å². The summed E-state index contributed by atoms with van der Waals surface area (Å²) in [6.07, 6.45) is 1.81. The van der Waals surface area contributed by atoms with E-state index >= 15 is 0 Å². The molecule has 2 aromatic rings. The van der Waals surface area contributed by atoms with Crippen LogP contribution in [0.25, 0.3) is 10.9 Å². The van der Waals surface area contributed by atoms with Crippen LogP contribution in [0.5, 0.6) is 0 Å². The molecular formula is C9H12ClN3. The lowest BCUT2D eigenvalue weighted by atomic mass is 10.1. The van der Waals surface area contributed by atoms with Gasteiger partial charge in [0.25, 0.3) is 0 Å². The third-order valence-corrected chi connectivity index (χ3v) is 1.99. The number of halogens is 1. The van der Waals surface area contributed by atoms with Crippen molar-refractivity contribution in [3.63, 3.8) is 0 Å². The predicted octanol–water partition coefficient (Wildman–Crippen LogP) is 2.00. The first-order valence-corrected chi connectivity index (χ1v) is 3.96. The molecule has 0 aliphatic rings. The second kappa shape index (κ2) is 3.77. The second-order valence-electron chi connectivity index (χ2n) is 3.01. The van der Waals surface area contributed by atoms with Crippen LogP contribution in [0.1, 0.15) is 18.5 Å². The lowest BCUT2D eigenvalue weighted by Gasteiger charge is -2.03. The van der Waals surface area contributed by atoms with Crippen LogP contribution < -0.4 is 5.73 Å². The summed E-state index contributed by atoms with van der Waals surface area (Å²) < 4.78 is 0. The third kappa shape index (κ3) is 1.82. The quantitative estimate of drug-likeness (QED) is 0.735. The topological polar surface area (TPSA) is 54.7 Å². The van der Waals surface area contributed by atoms with Gasteiger partial charge in [0.2, 0.25) is 0 Å². The Labute approximate surface area is 82.7 Å². The van der Waals surface area contributed by atoms with Crippen LogP contribution in [0.4, 0.5) is 0 Å². The molecular weight excluding hydrogens is 186 g/mol. The molecule has 0 bridgehead atoms. The predicted molar refractivity (Wildman–Crippen MR) is 55.9 cm³/mol. The zero-order chi connectivity index (χ0) is 8.55. The van der Waals surface area contributed by atoms with Gasteiger partial charge in [-0.15, -0.1) is 12.4 Å². The fraction of sp³-hybridized carbons (Fsp3) is 0.222. The van der Waals surface area contributed by atoms with E-state index in [2.05, 4.69) is 16.3 Å². The van der Waals surface area contributed by atoms with E-state index in [1.165, 1.54) is 0 Å².